The van der Waals surface area contributed by atoms with Gasteiger partial charge in [-0.3, -0.25) is 4.68 Å². The fourth-order valence-electron chi connectivity index (χ4n) is 1.93. The summed E-state index contributed by atoms with van der Waals surface area (Å²) in [5.74, 6) is 0. The normalized spacial score (nSPS) is 12.6. The molecular formula is C13H16Cl2N4. The Hall–Kier alpha value is -1.10. The van der Waals surface area contributed by atoms with Gasteiger partial charge in [0.15, 0.2) is 0 Å². The molecule has 4 nitrogen and oxygen atoms in total. The lowest BCUT2D eigenvalue weighted by atomic mass is 10.0. The highest BCUT2D eigenvalue weighted by Crippen LogP contribution is 2.28. The van der Waals surface area contributed by atoms with E-state index in [9.17, 15) is 0 Å². The third kappa shape index (κ3) is 3.26. The second-order valence-electron chi connectivity index (χ2n) is 4.34. The SMILES string of the molecule is CCCNC(c1ccc(Cl)c(Cl)c1)c1cnnn1C. The third-order valence-corrected chi connectivity index (χ3v) is 3.66. The molecule has 0 saturated heterocycles. The van der Waals surface area contributed by atoms with Crippen molar-refractivity contribution in [1.82, 2.24) is 20.3 Å². The van der Waals surface area contributed by atoms with Gasteiger partial charge >= 0.3 is 0 Å². The fourth-order valence-corrected chi connectivity index (χ4v) is 2.24. The molecule has 0 radical (unpaired) electrons. The van der Waals surface area contributed by atoms with Gasteiger partial charge in [-0.15, -0.1) is 5.10 Å². The van der Waals surface area contributed by atoms with E-state index in [0.29, 0.717) is 10.0 Å². The largest absolute Gasteiger partial charge is 0.305 e. The lowest BCUT2D eigenvalue weighted by molar-refractivity contribution is 0.550. The first-order chi connectivity index (χ1) is 9.13. The number of nitrogens with zero attached hydrogens (tertiary/aromatic N) is 3. The maximum atomic E-state index is 6.10. The van der Waals surface area contributed by atoms with Gasteiger partial charge in [0.05, 0.1) is 28.0 Å². The first-order valence-corrected chi connectivity index (χ1v) is 6.92. The van der Waals surface area contributed by atoms with Gasteiger partial charge in [0.1, 0.15) is 0 Å². The van der Waals surface area contributed by atoms with E-state index in [1.54, 1.807) is 10.9 Å². The van der Waals surface area contributed by atoms with E-state index in [0.717, 1.165) is 24.2 Å². The van der Waals surface area contributed by atoms with Crippen LogP contribution < -0.4 is 5.32 Å². The number of hydrogen-bond donors (Lipinski definition) is 1. The highest BCUT2D eigenvalue weighted by molar-refractivity contribution is 6.42. The smallest absolute Gasteiger partial charge is 0.0798 e. The van der Waals surface area contributed by atoms with E-state index in [1.165, 1.54) is 0 Å². The summed E-state index contributed by atoms with van der Waals surface area (Å²) in [6.07, 6.45) is 2.80. The maximum Gasteiger partial charge on any atom is 0.0798 e. The Morgan fingerprint density at radius 2 is 2.11 bits per heavy atom. The molecule has 2 aromatic rings. The Morgan fingerprint density at radius 1 is 1.32 bits per heavy atom. The summed E-state index contributed by atoms with van der Waals surface area (Å²) in [6.45, 7) is 3.02. The van der Waals surface area contributed by atoms with Crippen LogP contribution in [0.15, 0.2) is 24.4 Å². The zero-order valence-corrected chi connectivity index (χ0v) is 12.4. The van der Waals surface area contributed by atoms with E-state index in [2.05, 4.69) is 22.6 Å². The van der Waals surface area contributed by atoms with Crippen LogP contribution in [0.4, 0.5) is 0 Å². The predicted molar refractivity (Wildman–Crippen MR) is 77.6 cm³/mol. The molecule has 0 amide bonds. The number of aryl methyl sites for hydroxylation is 1. The van der Waals surface area contributed by atoms with Crippen molar-refractivity contribution in [3.8, 4) is 0 Å². The van der Waals surface area contributed by atoms with Crippen LogP contribution in [0.2, 0.25) is 10.0 Å². The van der Waals surface area contributed by atoms with E-state index < -0.39 is 0 Å². The van der Waals surface area contributed by atoms with E-state index >= 15 is 0 Å². The first-order valence-electron chi connectivity index (χ1n) is 6.16. The van der Waals surface area contributed by atoms with Gasteiger partial charge in [-0.1, -0.05) is 41.4 Å². The number of nitrogens with one attached hydrogen (secondary N) is 1. The van der Waals surface area contributed by atoms with Crippen molar-refractivity contribution in [2.75, 3.05) is 6.54 Å². The molecule has 0 aliphatic heterocycles. The molecule has 0 aliphatic carbocycles. The van der Waals surface area contributed by atoms with E-state index in [1.807, 2.05) is 25.2 Å². The highest BCUT2D eigenvalue weighted by atomic mass is 35.5. The monoisotopic (exact) mass is 298 g/mol. The van der Waals surface area contributed by atoms with Crippen molar-refractivity contribution in [2.24, 2.45) is 7.05 Å². The van der Waals surface area contributed by atoms with Gasteiger partial charge in [0.25, 0.3) is 0 Å². The average Bonchev–Trinajstić information content (AvgIpc) is 2.80. The molecule has 1 heterocycles. The molecule has 1 atom stereocenters. The van der Waals surface area contributed by atoms with Crippen molar-refractivity contribution in [3.63, 3.8) is 0 Å². The molecular weight excluding hydrogens is 283 g/mol. The second kappa shape index (κ2) is 6.37. The van der Waals surface area contributed by atoms with Crippen LogP contribution in [0.1, 0.15) is 30.6 Å². The molecule has 2 rings (SSSR count). The molecule has 1 unspecified atom stereocenters. The van der Waals surface area contributed by atoms with Gasteiger partial charge in [0.2, 0.25) is 0 Å². The second-order valence-corrected chi connectivity index (χ2v) is 5.16. The Kier molecular flexibility index (Phi) is 4.80. The van der Waals surface area contributed by atoms with E-state index in [-0.39, 0.29) is 6.04 Å². The number of benzene rings is 1. The minimum absolute atomic E-state index is 0.00900. The molecule has 19 heavy (non-hydrogen) atoms. The topological polar surface area (TPSA) is 42.7 Å². The highest BCUT2D eigenvalue weighted by Gasteiger charge is 2.18. The lowest BCUT2D eigenvalue weighted by Gasteiger charge is -2.19. The fraction of sp³-hybridized carbons (Fsp3) is 0.385. The summed E-state index contributed by atoms with van der Waals surface area (Å²) in [5.41, 5.74) is 2.04. The number of hydrogen-bond acceptors (Lipinski definition) is 3. The molecule has 6 heteroatoms. The quantitative estimate of drug-likeness (QED) is 0.922. The summed E-state index contributed by atoms with van der Waals surface area (Å²) in [4.78, 5) is 0. The molecule has 1 aromatic carbocycles. The van der Waals surface area contributed by atoms with Crippen LogP contribution in [0.5, 0.6) is 0 Å². The summed E-state index contributed by atoms with van der Waals surface area (Å²) < 4.78 is 1.76. The van der Waals surface area contributed by atoms with Crippen LogP contribution in [-0.4, -0.2) is 21.5 Å². The average molecular weight is 299 g/mol. The van der Waals surface area contributed by atoms with Crippen molar-refractivity contribution in [2.45, 2.75) is 19.4 Å². The summed E-state index contributed by atoms with van der Waals surface area (Å²) in [7, 11) is 1.88. The number of halogens is 2. The van der Waals surface area contributed by atoms with E-state index in [4.69, 9.17) is 23.2 Å². The molecule has 0 saturated carbocycles. The summed E-state index contributed by atoms with van der Waals surface area (Å²) >= 11 is 12.1. The predicted octanol–water partition coefficient (Wildman–Crippen LogP) is 3.21. The number of rotatable bonds is 5. The van der Waals surface area contributed by atoms with Crippen LogP contribution in [0.25, 0.3) is 0 Å². The van der Waals surface area contributed by atoms with Crippen LogP contribution >= 0.6 is 23.2 Å². The minimum atomic E-state index is 0.00900. The summed E-state index contributed by atoms with van der Waals surface area (Å²) in [5, 5.41) is 12.5. The Bertz CT molecular complexity index is 553. The van der Waals surface area contributed by atoms with Gasteiger partial charge in [-0.05, 0) is 30.7 Å². The molecule has 0 spiro atoms. The standard InChI is InChI=1S/C13H16Cl2N4/c1-3-6-16-13(12-8-17-18-19(12)2)9-4-5-10(14)11(15)7-9/h4-5,7-8,13,16H,3,6H2,1-2H3. The zero-order chi connectivity index (χ0) is 13.8. The lowest BCUT2D eigenvalue weighted by Crippen LogP contribution is -2.25. The van der Waals surface area contributed by atoms with Crippen molar-refractivity contribution >= 4 is 23.2 Å². The zero-order valence-electron chi connectivity index (χ0n) is 10.9. The maximum absolute atomic E-state index is 6.10. The molecule has 102 valence electrons. The molecule has 0 fully saturated rings. The van der Waals surface area contributed by atoms with Crippen molar-refractivity contribution in [3.05, 3.63) is 45.7 Å². The van der Waals surface area contributed by atoms with Crippen LogP contribution in [0, 0.1) is 0 Å². The van der Waals surface area contributed by atoms with Gasteiger partial charge in [-0.2, -0.15) is 0 Å². The third-order valence-electron chi connectivity index (χ3n) is 2.92. The van der Waals surface area contributed by atoms with Gasteiger partial charge in [0, 0.05) is 7.05 Å². The molecule has 1 aromatic heterocycles. The van der Waals surface area contributed by atoms with Crippen molar-refractivity contribution in [1.29, 1.82) is 0 Å². The van der Waals surface area contributed by atoms with Crippen LogP contribution in [0.3, 0.4) is 0 Å². The Labute approximate surface area is 122 Å². The Morgan fingerprint density at radius 3 is 2.68 bits per heavy atom. The molecule has 0 aliphatic rings. The Balaban J connectivity index is 2.37. The minimum Gasteiger partial charge on any atom is -0.305 e. The number of aromatic nitrogens is 3. The van der Waals surface area contributed by atoms with Crippen LogP contribution in [-0.2, 0) is 7.05 Å². The molecule has 0 bridgehead atoms. The van der Waals surface area contributed by atoms with Gasteiger partial charge < -0.3 is 5.32 Å². The molecule has 1 N–H and O–H groups in total. The first kappa shape index (κ1) is 14.3. The van der Waals surface area contributed by atoms with Crippen molar-refractivity contribution < 1.29 is 0 Å². The van der Waals surface area contributed by atoms with Gasteiger partial charge in [-0.25, -0.2) is 0 Å². The summed E-state index contributed by atoms with van der Waals surface area (Å²) in [6, 6.07) is 5.66.